The van der Waals surface area contributed by atoms with Gasteiger partial charge in [-0.15, -0.1) is 0 Å². The zero-order valence-corrected chi connectivity index (χ0v) is 18.0. The summed E-state index contributed by atoms with van der Waals surface area (Å²) >= 11 is 15.3. The topological polar surface area (TPSA) is 84.5 Å². The van der Waals surface area contributed by atoms with Crippen LogP contribution in [0.2, 0.25) is 10.0 Å². The van der Waals surface area contributed by atoms with E-state index in [1.165, 1.54) is 37.4 Å². The van der Waals surface area contributed by atoms with Crippen LogP contribution in [-0.2, 0) is 10.0 Å². The molecular weight excluding hydrogens is 479 g/mol. The Morgan fingerprint density at radius 2 is 1.93 bits per heavy atom. The molecule has 0 atom stereocenters. The van der Waals surface area contributed by atoms with Crippen molar-refractivity contribution in [1.29, 1.82) is 0 Å². The smallest absolute Gasteiger partial charge is 0.265 e. The molecule has 10 heteroatoms. The Morgan fingerprint density at radius 3 is 2.56 bits per heavy atom. The maximum atomic E-state index is 12.8. The number of rotatable bonds is 6. The normalized spacial score (nSPS) is 13.9. The number of halogens is 3. The van der Waals surface area contributed by atoms with Crippen LogP contribution in [0.1, 0.15) is 23.2 Å². The average molecular weight is 494 g/mol. The molecule has 0 aliphatic heterocycles. The Morgan fingerprint density at radius 1 is 1.22 bits per heavy atom. The Bertz CT molecular complexity index is 1010. The van der Waals surface area contributed by atoms with Gasteiger partial charge in [0.2, 0.25) is 0 Å². The highest BCUT2D eigenvalue weighted by molar-refractivity contribution is 9.10. The van der Waals surface area contributed by atoms with Gasteiger partial charge in [-0.3, -0.25) is 9.52 Å². The van der Waals surface area contributed by atoms with Crippen LogP contribution in [0.5, 0.6) is 5.75 Å². The Kier molecular flexibility index (Phi) is 5.90. The van der Waals surface area contributed by atoms with E-state index in [4.69, 9.17) is 27.9 Å². The van der Waals surface area contributed by atoms with E-state index in [-0.39, 0.29) is 43.9 Å². The molecule has 144 valence electrons. The van der Waals surface area contributed by atoms with E-state index >= 15 is 0 Å². The van der Waals surface area contributed by atoms with Crippen LogP contribution < -0.4 is 14.8 Å². The lowest BCUT2D eigenvalue weighted by Crippen LogP contribution is -2.25. The van der Waals surface area contributed by atoms with E-state index < -0.39 is 10.0 Å². The first-order valence-electron chi connectivity index (χ1n) is 7.87. The summed E-state index contributed by atoms with van der Waals surface area (Å²) in [5.41, 5.74) is 0.390. The van der Waals surface area contributed by atoms with Crippen LogP contribution in [0.4, 0.5) is 5.69 Å². The van der Waals surface area contributed by atoms with Crippen molar-refractivity contribution in [3.63, 3.8) is 0 Å². The van der Waals surface area contributed by atoms with E-state index in [0.717, 1.165) is 12.8 Å². The number of hydrogen-bond acceptors (Lipinski definition) is 4. The maximum absolute atomic E-state index is 12.8. The fraction of sp³-hybridized carbons (Fsp3) is 0.235. The van der Waals surface area contributed by atoms with E-state index in [0.29, 0.717) is 4.47 Å². The molecule has 0 spiro atoms. The molecule has 1 amide bonds. The first-order valence-corrected chi connectivity index (χ1v) is 10.9. The first-order chi connectivity index (χ1) is 12.7. The van der Waals surface area contributed by atoms with Crippen LogP contribution in [0, 0.1) is 0 Å². The third-order valence-electron chi connectivity index (χ3n) is 3.84. The molecule has 0 saturated heterocycles. The largest absolute Gasteiger partial charge is 0.494 e. The maximum Gasteiger partial charge on any atom is 0.265 e. The van der Waals surface area contributed by atoms with Crippen LogP contribution >= 0.6 is 39.1 Å². The molecule has 27 heavy (non-hydrogen) atoms. The fourth-order valence-electron chi connectivity index (χ4n) is 2.40. The molecule has 0 bridgehead atoms. The lowest BCUT2D eigenvalue weighted by molar-refractivity contribution is 0.0951. The summed E-state index contributed by atoms with van der Waals surface area (Å²) in [6, 6.07) is 7.30. The van der Waals surface area contributed by atoms with Gasteiger partial charge < -0.3 is 10.1 Å². The quantitative estimate of drug-likeness (QED) is 0.622. The van der Waals surface area contributed by atoms with Crippen LogP contribution in [0.25, 0.3) is 0 Å². The van der Waals surface area contributed by atoms with Crippen molar-refractivity contribution in [2.75, 3.05) is 11.8 Å². The second-order valence-corrected chi connectivity index (χ2v) is 9.32. The lowest BCUT2D eigenvalue weighted by Gasteiger charge is -2.14. The number of sulfonamides is 1. The van der Waals surface area contributed by atoms with Gasteiger partial charge in [0.05, 0.1) is 22.2 Å². The SMILES string of the molecule is COc1c(Br)cc(Cl)cc1S(=O)(=O)Nc1ccc(Cl)c(C(=O)NC2CC2)c1. The number of carbonyl (C=O) groups excluding carboxylic acids is 1. The predicted octanol–water partition coefficient (Wildman–Crippen LogP) is 4.46. The van der Waals surface area contributed by atoms with Gasteiger partial charge >= 0.3 is 0 Å². The van der Waals surface area contributed by atoms with Crippen molar-refractivity contribution in [2.24, 2.45) is 0 Å². The molecule has 2 aromatic carbocycles. The summed E-state index contributed by atoms with van der Waals surface area (Å²) in [5, 5.41) is 3.28. The number of amides is 1. The zero-order chi connectivity index (χ0) is 19.8. The fourth-order valence-corrected chi connectivity index (χ4v) is 5.04. The second-order valence-electron chi connectivity index (χ2n) is 5.97. The monoisotopic (exact) mass is 492 g/mol. The minimum Gasteiger partial charge on any atom is -0.494 e. The third kappa shape index (κ3) is 4.68. The van der Waals surface area contributed by atoms with Gasteiger partial charge in [0.1, 0.15) is 4.90 Å². The highest BCUT2D eigenvalue weighted by Gasteiger charge is 2.26. The summed E-state index contributed by atoms with van der Waals surface area (Å²) in [5.74, 6) is -0.223. The molecule has 1 aliphatic rings. The van der Waals surface area contributed by atoms with Crippen molar-refractivity contribution in [3.8, 4) is 5.75 Å². The molecule has 3 rings (SSSR count). The van der Waals surface area contributed by atoms with E-state index in [2.05, 4.69) is 26.0 Å². The summed E-state index contributed by atoms with van der Waals surface area (Å²) in [7, 11) is -2.67. The molecule has 0 radical (unpaired) electrons. The predicted molar refractivity (Wildman–Crippen MR) is 108 cm³/mol. The first kappa shape index (κ1) is 20.3. The van der Waals surface area contributed by atoms with Gasteiger partial charge in [-0.05, 0) is 59.1 Å². The summed E-state index contributed by atoms with van der Waals surface area (Å²) in [4.78, 5) is 12.1. The zero-order valence-electron chi connectivity index (χ0n) is 14.1. The van der Waals surface area contributed by atoms with Gasteiger partial charge in [-0.25, -0.2) is 8.42 Å². The summed E-state index contributed by atoms with van der Waals surface area (Å²) < 4.78 is 33.7. The highest BCUT2D eigenvalue weighted by Crippen LogP contribution is 2.36. The Hall–Kier alpha value is -1.48. The van der Waals surface area contributed by atoms with E-state index in [1.807, 2.05) is 0 Å². The van der Waals surface area contributed by atoms with Crippen molar-refractivity contribution in [3.05, 3.63) is 50.4 Å². The Balaban J connectivity index is 1.93. The van der Waals surface area contributed by atoms with Crippen LogP contribution in [-0.4, -0.2) is 27.5 Å². The van der Waals surface area contributed by atoms with E-state index in [1.54, 1.807) is 0 Å². The number of ether oxygens (including phenoxy) is 1. The summed E-state index contributed by atoms with van der Waals surface area (Å²) in [6.45, 7) is 0. The van der Waals surface area contributed by atoms with Crippen molar-refractivity contribution < 1.29 is 17.9 Å². The number of benzene rings is 2. The summed E-state index contributed by atoms with van der Waals surface area (Å²) in [6.07, 6.45) is 1.86. The molecule has 1 aliphatic carbocycles. The molecule has 1 fully saturated rings. The van der Waals surface area contributed by atoms with Gasteiger partial charge in [0, 0.05) is 16.8 Å². The Labute approximate surface area is 175 Å². The number of anilines is 1. The standard InChI is InChI=1S/C17H15BrCl2N2O4S/c1-26-16-13(18)6-9(19)7-15(16)27(24,25)22-11-4-5-14(20)12(8-11)17(23)21-10-2-3-10/h4-8,10,22H,2-3H2,1H3,(H,21,23). The number of nitrogens with one attached hydrogen (secondary N) is 2. The van der Waals surface area contributed by atoms with Crippen LogP contribution in [0.15, 0.2) is 39.7 Å². The minimum absolute atomic E-state index is 0.118. The lowest BCUT2D eigenvalue weighted by atomic mass is 10.2. The number of carbonyl (C=O) groups is 1. The van der Waals surface area contributed by atoms with Crippen LogP contribution in [0.3, 0.4) is 0 Å². The number of methoxy groups -OCH3 is 1. The van der Waals surface area contributed by atoms with Crippen molar-refractivity contribution in [1.82, 2.24) is 5.32 Å². The highest BCUT2D eigenvalue weighted by atomic mass is 79.9. The minimum atomic E-state index is -4.03. The van der Waals surface area contributed by atoms with Gasteiger partial charge in [0.15, 0.2) is 5.75 Å². The number of hydrogen-bond donors (Lipinski definition) is 2. The third-order valence-corrected chi connectivity index (χ3v) is 6.37. The molecule has 2 aromatic rings. The molecule has 2 N–H and O–H groups in total. The van der Waals surface area contributed by atoms with Gasteiger partial charge in [0.25, 0.3) is 15.9 Å². The molecule has 6 nitrogen and oxygen atoms in total. The van der Waals surface area contributed by atoms with Gasteiger partial charge in [-0.1, -0.05) is 23.2 Å². The van der Waals surface area contributed by atoms with Crippen molar-refractivity contribution in [2.45, 2.75) is 23.8 Å². The van der Waals surface area contributed by atoms with Crippen molar-refractivity contribution >= 4 is 60.7 Å². The van der Waals surface area contributed by atoms with Gasteiger partial charge in [-0.2, -0.15) is 0 Å². The molecule has 1 saturated carbocycles. The average Bonchev–Trinajstić information content (AvgIpc) is 3.39. The molecule has 0 heterocycles. The van der Waals surface area contributed by atoms with E-state index in [9.17, 15) is 13.2 Å². The molecular formula is C17H15BrCl2N2O4S. The molecule has 0 unspecified atom stereocenters. The molecule has 0 aromatic heterocycles. The second kappa shape index (κ2) is 7.87.